The fourth-order valence-electron chi connectivity index (χ4n) is 2.65. The molecule has 2 atom stereocenters. The molecule has 1 amide bonds. The van der Waals surface area contributed by atoms with Gasteiger partial charge < -0.3 is 15.1 Å². The molecule has 1 fully saturated rings. The highest BCUT2D eigenvalue weighted by atomic mass is 35.5. The Labute approximate surface area is 134 Å². The topological polar surface area (TPSA) is 71.3 Å². The number of rotatable bonds is 2. The Morgan fingerprint density at radius 3 is 2.91 bits per heavy atom. The molecule has 22 heavy (non-hydrogen) atoms. The Hall–Kier alpha value is -1.85. The lowest BCUT2D eigenvalue weighted by molar-refractivity contribution is 0.0911. The van der Waals surface area contributed by atoms with Crippen LogP contribution in [-0.2, 0) is 0 Å². The van der Waals surface area contributed by atoms with E-state index in [1.54, 1.807) is 18.2 Å². The van der Waals surface area contributed by atoms with Gasteiger partial charge in [-0.25, -0.2) is 4.79 Å². The summed E-state index contributed by atoms with van der Waals surface area (Å²) < 4.78 is 5.20. The third-order valence-electron chi connectivity index (χ3n) is 4.03. The minimum Gasteiger partial charge on any atom is -0.422 e. The number of piperidine rings is 1. The van der Waals surface area contributed by atoms with Crippen molar-refractivity contribution >= 4 is 29.3 Å². The number of benzene rings is 1. The van der Waals surface area contributed by atoms with Crippen molar-refractivity contribution in [2.75, 3.05) is 13.1 Å². The van der Waals surface area contributed by atoms with Gasteiger partial charge in [-0.3, -0.25) is 4.79 Å². The first kappa shape index (κ1) is 16.5. The van der Waals surface area contributed by atoms with Crippen LogP contribution < -0.4 is 16.3 Å². The smallest absolute Gasteiger partial charge is 0.349 e. The molecule has 5 nitrogen and oxygen atoms in total. The first-order chi connectivity index (χ1) is 10.1. The zero-order valence-corrected chi connectivity index (χ0v) is 13.1. The molecule has 1 aromatic carbocycles. The molecule has 0 aliphatic carbocycles. The first-order valence-electron chi connectivity index (χ1n) is 7.19. The van der Waals surface area contributed by atoms with Gasteiger partial charge in [-0.05, 0) is 31.0 Å². The Kier molecular flexibility index (Phi) is 5.21. The maximum atomic E-state index is 12.3. The van der Waals surface area contributed by atoms with E-state index in [2.05, 4.69) is 17.6 Å². The van der Waals surface area contributed by atoms with E-state index in [1.807, 2.05) is 12.1 Å². The van der Waals surface area contributed by atoms with Crippen LogP contribution in [0.15, 0.2) is 39.5 Å². The standard InChI is InChI=1S/C16H18N2O3.ClH/c1-10-6-7-17-9-13(10)18-15(19)12-8-11-4-2-3-5-14(11)21-16(12)20;/h2-5,8,10,13,17H,6-7,9H2,1H3,(H,18,19);1H. The van der Waals surface area contributed by atoms with Gasteiger partial charge in [0.2, 0.25) is 0 Å². The lowest BCUT2D eigenvalue weighted by Gasteiger charge is -2.30. The Bertz CT molecular complexity index is 729. The van der Waals surface area contributed by atoms with Crippen molar-refractivity contribution in [3.8, 4) is 0 Å². The van der Waals surface area contributed by atoms with Gasteiger partial charge in [0, 0.05) is 18.0 Å². The molecule has 2 heterocycles. The summed E-state index contributed by atoms with van der Waals surface area (Å²) in [7, 11) is 0. The molecule has 118 valence electrons. The van der Waals surface area contributed by atoms with Crippen LogP contribution in [0.2, 0.25) is 0 Å². The summed E-state index contributed by atoms with van der Waals surface area (Å²) in [6, 6.07) is 8.80. The number of para-hydroxylation sites is 1. The molecule has 1 aromatic heterocycles. The molecule has 1 aliphatic rings. The number of carbonyl (C=O) groups is 1. The molecular formula is C16H19ClN2O3. The van der Waals surface area contributed by atoms with E-state index in [4.69, 9.17) is 4.42 Å². The first-order valence-corrected chi connectivity index (χ1v) is 7.19. The van der Waals surface area contributed by atoms with E-state index in [9.17, 15) is 9.59 Å². The van der Waals surface area contributed by atoms with E-state index < -0.39 is 5.63 Å². The summed E-state index contributed by atoms with van der Waals surface area (Å²) in [5.41, 5.74) is -0.0409. The molecule has 0 saturated carbocycles. The molecular weight excluding hydrogens is 304 g/mol. The molecule has 2 aromatic rings. The lowest BCUT2D eigenvalue weighted by atomic mass is 9.94. The zero-order valence-electron chi connectivity index (χ0n) is 12.3. The van der Waals surface area contributed by atoms with E-state index in [-0.39, 0.29) is 29.9 Å². The minimum absolute atomic E-state index is 0. The van der Waals surface area contributed by atoms with Crippen LogP contribution in [-0.4, -0.2) is 25.0 Å². The van der Waals surface area contributed by atoms with Gasteiger partial charge >= 0.3 is 5.63 Å². The van der Waals surface area contributed by atoms with Crippen LogP contribution in [0.4, 0.5) is 0 Å². The molecule has 1 aliphatic heterocycles. The van der Waals surface area contributed by atoms with Gasteiger partial charge in [0.1, 0.15) is 11.1 Å². The Morgan fingerprint density at radius 2 is 2.14 bits per heavy atom. The van der Waals surface area contributed by atoms with Crippen molar-refractivity contribution in [1.29, 1.82) is 0 Å². The van der Waals surface area contributed by atoms with Crippen LogP contribution in [0.1, 0.15) is 23.7 Å². The third-order valence-corrected chi connectivity index (χ3v) is 4.03. The van der Waals surface area contributed by atoms with Crippen LogP contribution in [0, 0.1) is 5.92 Å². The molecule has 0 spiro atoms. The van der Waals surface area contributed by atoms with Gasteiger partial charge in [-0.2, -0.15) is 0 Å². The van der Waals surface area contributed by atoms with Gasteiger partial charge in [0.25, 0.3) is 5.91 Å². The fraction of sp³-hybridized carbons (Fsp3) is 0.375. The number of hydrogen-bond acceptors (Lipinski definition) is 4. The number of amides is 1. The predicted octanol–water partition coefficient (Wildman–Crippen LogP) is 1.94. The lowest BCUT2D eigenvalue weighted by Crippen LogP contribution is -2.50. The maximum absolute atomic E-state index is 12.3. The average Bonchev–Trinajstić information content (AvgIpc) is 2.49. The summed E-state index contributed by atoms with van der Waals surface area (Å²) >= 11 is 0. The largest absolute Gasteiger partial charge is 0.422 e. The maximum Gasteiger partial charge on any atom is 0.349 e. The van der Waals surface area contributed by atoms with Crippen LogP contribution in [0.25, 0.3) is 11.0 Å². The van der Waals surface area contributed by atoms with Gasteiger partial charge in [0.05, 0.1) is 0 Å². The van der Waals surface area contributed by atoms with E-state index in [0.29, 0.717) is 11.5 Å². The van der Waals surface area contributed by atoms with Gasteiger partial charge in [-0.15, -0.1) is 12.4 Å². The molecule has 3 rings (SSSR count). The number of hydrogen-bond donors (Lipinski definition) is 2. The molecule has 0 bridgehead atoms. The highest BCUT2D eigenvalue weighted by molar-refractivity contribution is 5.96. The second-order valence-electron chi connectivity index (χ2n) is 5.54. The molecule has 6 heteroatoms. The normalized spacial score (nSPS) is 21.1. The van der Waals surface area contributed by atoms with E-state index in [1.165, 1.54) is 0 Å². The summed E-state index contributed by atoms with van der Waals surface area (Å²) in [5.74, 6) is 0.0257. The predicted molar refractivity (Wildman–Crippen MR) is 87.6 cm³/mol. The highest BCUT2D eigenvalue weighted by Gasteiger charge is 2.24. The van der Waals surface area contributed by atoms with Crippen molar-refractivity contribution in [2.45, 2.75) is 19.4 Å². The highest BCUT2D eigenvalue weighted by Crippen LogP contribution is 2.14. The molecule has 0 radical (unpaired) electrons. The third kappa shape index (κ3) is 3.31. The minimum atomic E-state index is -0.595. The number of carbonyl (C=O) groups excluding carboxylic acids is 1. The Morgan fingerprint density at radius 1 is 1.36 bits per heavy atom. The second-order valence-corrected chi connectivity index (χ2v) is 5.54. The second kappa shape index (κ2) is 6.94. The van der Waals surface area contributed by atoms with Crippen LogP contribution >= 0.6 is 12.4 Å². The molecule has 2 N–H and O–H groups in total. The van der Waals surface area contributed by atoms with E-state index >= 15 is 0 Å². The van der Waals surface area contributed by atoms with E-state index in [0.717, 1.165) is 24.9 Å². The van der Waals surface area contributed by atoms with Crippen LogP contribution in [0.5, 0.6) is 0 Å². The van der Waals surface area contributed by atoms with Crippen molar-refractivity contribution in [3.63, 3.8) is 0 Å². The quantitative estimate of drug-likeness (QED) is 0.829. The zero-order chi connectivity index (χ0) is 14.8. The van der Waals surface area contributed by atoms with Crippen molar-refractivity contribution < 1.29 is 9.21 Å². The summed E-state index contributed by atoms with van der Waals surface area (Å²) in [4.78, 5) is 24.3. The molecule has 1 saturated heterocycles. The van der Waals surface area contributed by atoms with Gasteiger partial charge in [0.15, 0.2) is 0 Å². The SMILES string of the molecule is CC1CCNCC1NC(=O)c1cc2ccccc2oc1=O.Cl. The fourth-order valence-corrected chi connectivity index (χ4v) is 2.65. The van der Waals surface area contributed by atoms with Crippen molar-refractivity contribution in [1.82, 2.24) is 10.6 Å². The number of halogens is 1. The summed E-state index contributed by atoms with van der Waals surface area (Å²) in [6.07, 6.45) is 1.01. The number of fused-ring (bicyclic) bond motifs is 1. The van der Waals surface area contributed by atoms with Crippen molar-refractivity contribution in [3.05, 3.63) is 46.3 Å². The average molecular weight is 323 g/mol. The summed E-state index contributed by atoms with van der Waals surface area (Å²) in [6.45, 7) is 3.80. The van der Waals surface area contributed by atoms with Crippen molar-refractivity contribution in [2.24, 2.45) is 5.92 Å². The monoisotopic (exact) mass is 322 g/mol. The summed E-state index contributed by atoms with van der Waals surface area (Å²) in [5, 5.41) is 6.93. The molecule has 2 unspecified atom stereocenters. The number of nitrogens with one attached hydrogen (secondary N) is 2. The van der Waals surface area contributed by atoms with Gasteiger partial charge in [-0.1, -0.05) is 25.1 Å². The Balaban J connectivity index is 0.00000176. The van der Waals surface area contributed by atoms with Crippen LogP contribution in [0.3, 0.4) is 0 Å².